The first-order chi connectivity index (χ1) is 16.1. The normalized spacial score (nSPS) is 17.3. The second kappa shape index (κ2) is 9.16. The van der Waals surface area contributed by atoms with Crippen molar-refractivity contribution in [1.82, 2.24) is 19.9 Å². The van der Waals surface area contributed by atoms with Crippen molar-refractivity contribution in [2.75, 3.05) is 11.9 Å². The Morgan fingerprint density at radius 2 is 2.03 bits per heavy atom. The molecule has 5 rings (SSSR count). The summed E-state index contributed by atoms with van der Waals surface area (Å²) in [4.78, 5) is 27.7. The molecule has 0 aliphatic carbocycles. The predicted octanol–water partition coefficient (Wildman–Crippen LogP) is 5.35. The van der Waals surface area contributed by atoms with Gasteiger partial charge in [-0.2, -0.15) is 0 Å². The fourth-order valence-corrected chi connectivity index (χ4v) is 4.60. The molecule has 1 fully saturated rings. The van der Waals surface area contributed by atoms with Gasteiger partial charge in [0.25, 0.3) is 5.91 Å². The fraction of sp³-hybridized carbons (Fsp3) is 0.296. The van der Waals surface area contributed by atoms with Gasteiger partial charge in [0.2, 0.25) is 0 Å². The minimum Gasteiger partial charge on any atom is -0.357 e. The van der Waals surface area contributed by atoms with Crippen molar-refractivity contribution in [3.63, 3.8) is 0 Å². The summed E-state index contributed by atoms with van der Waals surface area (Å²) >= 11 is 0. The topological polar surface area (TPSA) is 73.9 Å². The zero-order valence-corrected chi connectivity index (χ0v) is 19.1. The Labute approximate surface area is 194 Å². The number of nitrogens with zero attached hydrogens (tertiary/aromatic N) is 3. The van der Waals surface area contributed by atoms with E-state index in [1.165, 1.54) is 18.5 Å². The number of rotatable bonds is 6. The van der Waals surface area contributed by atoms with Crippen LogP contribution >= 0.6 is 0 Å². The summed E-state index contributed by atoms with van der Waals surface area (Å²) in [5, 5.41) is 3.99. The van der Waals surface area contributed by atoms with E-state index in [2.05, 4.69) is 45.1 Å². The van der Waals surface area contributed by atoms with Gasteiger partial charge in [-0.15, -0.1) is 0 Å². The van der Waals surface area contributed by atoms with Crippen molar-refractivity contribution in [1.29, 1.82) is 0 Å². The maximum absolute atomic E-state index is 12.8. The number of aromatic nitrogens is 3. The Bertz CT molecular complexity index is 1250. The van der Waals surface area contributed by atoms with Crippen molar-refractivity contribution >= 4 is 22.6 Å². The number of amides is 1. The Hall–Kier alpha value is -3.51. The number of nitrogens with one attached hydrogen (secondary N) is 2. The molecular weight excluding hydrogens is 410 g/mol. The standard InChI is InChI=1S/C27H29N5O/c1-18-6-5-13-32(18)17-23-14-22-16-29-26(15-25(22)30-23)31-27(33)21-10-8-20(9-11-21)19(2)24-7-3-4-12-28-24/h3-4,7-12,14-16,18-19,30H,5-6,13,17H2,1-2H3,(H,29,31,33)/t18-,19?/m0/s1. The molecule has 0 spiro atoms. The molecule has 1 amide bonds. The lowest BCUT2D eigenvalue weighted by Crippen LogP contribution is -2.26. The number of pyridine rings is 2. The average molecular weight is 440 g/mol. The first kappa shape index (κ1) is 21.3. The Morgan fingerprint density at radius 1 is 1.18 bits per heavy atom. The zero-order valence-electron chi connectivity index (χ0n) is 19.1. The summed E-state index contributed by atoms with van der Waals surface area (Å²) in [5.41, 5.74) is 4.90. The lowest BCUT2D eigenvalue weighted by Gasteiger charge is -2.19. The lowest BCUT2D eigenvalue weighted by atomic mass is 9.96. The quantitative estimate of drug-likeness (QED) is 0.425. The SMILES string of the molecule is CC(c1ccc(C(=O)Nc2cc3[nH]c(CN4CCC[C@@H]4C)cc3cn2)cc1)c1ccccn1. The largest absolute Gasteiger partial charge is 0.357 e. The summed E-state index contributed by atoms with van der Waals surface area (Å²) in [5.74, 6) is 0.538. The molecule has 1 aliphatic rings. The highest BCUT2D eigenvalue weighted by Crippen LogP contribution is 2.24. The molecule has 0 bridgehead atoms. The second-order valence-corrected chi connectivity index (χ2v) is 8.97. The van der Waals surface area contributed by atoms with E-state index in [-0.39, 0.29) is 11.8 Å². The van der Waals surface area contributed by atoms with Crippen molar-refractivity contribution in [3.05, 3.63) is 89.5 Å². The van der Waals surface area contributed by atoms with Gasteiger partial charge in [-0.1, -0.05) is 25.1 Å². The number of H-pyrrole nitrogens is 1. The zero-order chi connectivity index (χ0) is 22.8. The van der Waals surface area contributed by atoms with Crippen LogP contribution in [0.1, 0.15) is 59.9 Å². The number of aromatic amines is 1. The van der Waals surface area contributed by atoms with E-state index in [1.54, 1.807) is 6.20 Å². The molecule has 168 valence electrons. The van der Waals surface area contributed by atoms with Crippen LogP contribution in [-0.4, -0.2) is 38.3 Å². The van der Waals surface area contributed by atoms with Crippen molar-refractivity contribution in [2.24, 2.45) is 0 Å². The van der Waals surface area contributed by atoms with Crippen LogP contribution in [0.4, 0.5) is 5.82 Å². The highest BCUT2D eigenvalue weighted by molar-refractivity contribution is 6.04. The van der Waals surface area contributed by atoms with Crippen LogP contribution in [0.15, 0.2) is 67.0 Å². The second-order valence-electron chi connectivity index (χ2n) is 8.97. The fourth-order valence-electron chi connectivity index (χ4n) is 4.60. The Morgan fingerprint density at radius 3 is 2.76 bits per heavy atom. The maximum Gasteiger partial charge on any atom is 0.256 e. The van der Waals surface area contributed by atoms with E-state index in [4.69, 9.17) is 0 Å². The van der Waals surface area contributed by atoms with Crippen LogP contribution in [0, 0.1) is 0 Å². The molecule has 1 aromatic carbocycles. The Kier molecular flexibility index (Phi) is 5.92. The van der Waals surface area contributed by atoms with E-state index in [0.717, 1.165) is 35.2 Å². The van der Waals surface area contributed by atoms with Crippen LogP contribution in [-0.2, 0) is 6.54 Å². The van der Waals surface area contributed by atoms with Gasteiger partial charge in [-0.3, -0.25) is 14.7 Å². The molecule has 4 heterocycles. The molecule has 3 aromatic heterocycles. The van der Waals surface area contributed by atoms with Gasteiger partial charge in [0.15, 0.2) is 0 Å². The van der Waals surface area contributed by atoms with E-state index in [0.29, 0.717) is 17.4 Å². The number of carbonyl (C=O) groups is 1. The summed E-state index contributed by atoms with van der Waals surface area (Å²) in [6, 6.07) is 18.3. The number of hydrogen-bond donors (Lipinski definition) is 2. The molecule has 1 aliphatic heterocycles. The lowest BCUT2D eigenvalue weighted by molar-refractivity contribution is 0.102. The third-order valence-electron chi connectivity index (χ3n) is 6.67. The third-order valence-corrected chi connectivity index (χ3v) is 6.67. The highest BCUT2D eigenvalue weighted by atomic mass is 16.1. The number of likely N-dealkylation sites (tertiary alicyclic amines) is 1. The van der Waals surface area contributed by atoms with Gasteiger partial charge in [0.05, 0.1) is 5.52 Å². The smallest absolute Gasteiger partial charge is 0.256 e. The molecule has 0 radical (unpaired) electrons. The molecule has 6 nitrogen and oxygen atoms in total. The van der Waals surface area contributed by atoms with Gasteiger partial charge in [0.1, 0.15) is 5.82 Å². The van der Waals surface area contributed by atoms with Crippen LogP contribution in [0.3, 0.4) is 0 Å². The van der Waals surface area contributed by atoms with Crippen LogP contribution in [0.5, 0.6) is 0 Å². The maximum atomic E-state index is 12.8. The average Bonchev–Trinajstić information content (AvgIpc) is 3.44. The van der Waals surface area contributed by atoms with E-state index >= 15 is 0 Å². The molecular formula is C27H29N5O. The highest BCUT2D eigenvalue weighted by Gasteiger charge is 2.20. The van der Waals surface area contributed by atoms with Gasteiger partial charge in [-0.05, 0) is 62.2 Å². The van der Waals surface area contributed by atoms with Crippen LogP contribution < -0.4 is 5.32 Å². The van der Waals surface area contributed by atoms with E-state index in [1.807, 2.05) is 54.7 Å². The molecule has 4 aromatic rings. The first-order valence-electron chi connectivity index (χ1n) is 11.6. The Balaban J connectivity index is 1.26. The van der Waals surface area contributed by atoms with Crippen molar-refractivity contribution in [3.8, 4) is 0 Å². The van der Waals surface area contributed by atoms with Gasteiger partial charge in [-0.25, -0.2) is 4.98 Å². The molecule has 1 saturated heterocycles. The minimum absolute atomic E-state index is 0.165. The predicted molar refractivity (Wildman–Crippen MR) is 131 cm³/mol. The molecule has 0 saturated carbocycles. The molecule has 33 heavy (non-hydrogen) atoms. The summed E-state index contributed by atoms with van der Waals surface area (Å²) in [6.45, 7) is 6.47. The summed E-state index contributed by atoms with van der Waals surface area (Å²) in [7, 11) is 0. The first-order valence-corrected chi connectivity index (χ1v) is 11.6. The van der Waals surface area contributed by atoms with E-state index in [9.17, 15) is 4.79 Å². The van der Waals surface area contributed by atoms with Gasteiger partial charge < -0.3 is 10.3 Å². The van der Waals surface area contributed by atoms with Gasteiger partial charge in [0, 0.05) is 59.3 Å². The molecule has 1 unspecified atom stereocenters. The minimum atomic E-state index is -0.170. The monoisotopic (exact) mass is 439 g/mol. The number of anilines is 1. The third kappa shape index (κ3) is 4.66. The van der Waals surface area contributed by atoms with Gasteiger partial charge >= 0.3 is 0 Å². The summed E-state index contributed by atoms with van der Waals surface area (Å²) in [6.07, 6.45) is 6.15. The van der Waals surface area contributed by atoms with Crippen LogP contribution in [0.25, 0.3) is 10.9 Å². The number of benzene rings is 1. The number of carbonyl (C=O) groups excluding carboxylic acids is 1. The summed E-state index contributed by atoms with van der Waals surface area (Å²) < 4.78 is 0. The van der Waals surface area contributed by atoms with Crippen molar-refractivity contribution < 1.29 is 4.79 Å². The number of fused-ring (bicyclic) bond motifs is 1. The van der Waals surface area contributed by atoms with E-state index < -0.39 is 0 Å². The number of hydrogen-bond acceptors (Lipinski definition) is 4. The molecule has 6 heteroatoms. The van der Waals surface area contributed by atoms with Crippen molar-refractivity contribution in [2.45, 2.75) is 45.2 Å². The van der Waals surface area contributed by atoms with Crippen LogP contribution in [0.2, 0.25) is 0 Å². The molecule has 2 atom stereocenters. The molecule has 2 N–H and O–H groups in total.